The van der Waals surface area contributed by atoms with E-state index in [9.17, 15) is 13.2 Å². The second-order valence-electron chi connectivity index (χ2n) is 7.80. The lowest BCUT2D eigenvalue weighted by Gasteiger charge is -2.27. The lowest BCUT2D eigenvalue weighted by molar-refractivity contribution is 0.0906. The highest BCUT2D eigenvalue weighted by Gasteiger charge is 2.29. The summed E-state index contributed by atoms with van der Waals surface area (Å²) in [4.78, 5) is 13.2. The summed E-state index contributed by atoms with van der Waals surface area (Å²) in [5.74, 6) is -0.379. The van der Waals surface area contributed by atoms with Crippen LogP contribution < -0.4 is 9.62 Å². The van der Waals surface area contributed by atoms with Crippen LogP contribution in [0.4, 0.5) is 5.69 Å². The third-order valence-corrected chi connectivity index (χ3v) is 7.09. The molecule has 3 aromatic carbocycles. The first-order valence-corrected chi connectivity index (χ1v) is 12.3. The minimum absolute atomic E-state index is 0.0330. The summed E-state index contributed by atoms with van der Waals surface area (Å²) in [5.41, 5.74) is 2.23. The molecule has 0 bridgehead atoms. The zero-order valence-corrected chi connectivity index (χ0v) is 20.4. The van der Waals surface area contributed by atoms with E-state index >= 15 is 0 Å². The fourth-order valence-electron chi connectivity index (χ4n) is 3.37. The Bertz CT molecular complexity index is 1200. The lowest BCUT2D eigenvalue weighted by Crippen LogP contribution is -2.38. The van der Waals surface area contributed by atoms with Crippen LogP contribution >= 0.6 is 11.6 Å². The first-order valence-electron chi connectivity index (χ1n) is 10.4. The second-order valence-corrected chi connectivity index (χ2v) is 10.1. The molecule has 0 aliphatic rings. The van der Waals surface area contributed by atoms with Crippen LogP contribution in [0.25, 0.3) is 0 Å². The summed E-state index contributed by atoms with van der Waals surface area (Å²) in [6.45, 7) is 4.08. The summed E-state index contributed by atoms with van der Waals surface area (Å²) >= 11 is 6.01. The fourth-order valence-corrected chi connectivity index (χ4v) is 4.97. The molecule has 3 aromatic rings. The van der Waals surface area contributed by atoms with Crippen LogP contribution in [0.2, 0.25) is 5.02 Å². The molecule has 8 heteroatoms. The molecule has 33 heavy (non-hydrogen) atoms. The van der Waals surface area contributed by atoms with E-state index < -0.39 is 10.0 Å². The average molecular weight is 487 g/mol. The predicted molar refractivity (Wildman–Crippen MR) is 131 cm³/mol. The highest BCUT2D eigenvalue weighted by molar-refractivity contribution is 7.92. The Morgan fingerprint density at radius 3 is 2.30 bits per heavy atom. The SMILES string of the molecule is COC[C@@H](C)NC(=O)c1ccccc1N(Cc1ccc(Cl)cc1)S(=O)(=O)c1ccc(C)cc1. The van der Waals surface area contributed by atoms with Crippen molar-refractivity contribution in [1.82, 2.24) is 5.32 Å². The van der Waals surface area contributed by atoms with Gasteiger partial charge in [0, 0.05) is 18.2 Å². The number of hydrogen-bond acceptors (Lipinski definition) is 4. The number of hydrogen-bond donors (Lipinski definition) is 1. The smallest absolute Gasteiger partial charge is 0.264 e. The van der Waals surface area contributed by atoms with E-state index in [-0.39, 0.29) is 34.6 Å². The quantitative estimate of drug-likeness (QED) is 0.471. The van der Waals surface area contributed by atoms with Gasteiger partial charge in [-0.25, -0.2) is 8.42 Å². The number of methoxy groups -OCH3 is 1. The summed E-state index contributed by atoms with van der Waals surface area (Å²) in [6, 6.07) is 20.0. The molecule has 6 nitrogen and oxygen atoms in total. The Hall–Kier alpha value is -2.87. The largest absolute Gasteiger partial charge is 0.383 e. The first-order chi connectivity index (χ1) is 15.7. The van der Waals surface area contributed by atoms with Crippen molar-refractivity contribution in [1.29, 1.82) is 0 Å². The van der Waals surface area contributed by atoms with Gasteiger partial charge in [0.05, 0.1) is 29.3 Å². The molecule has 0 aliphatic heterocycles. The molecule has 1 N–H and O–H groups in total. The van der Waals surface area contributed by atoms with E-state index in [1.54, 1.807) is 79.9 Å². The number of para-hydroxylation sites is 1. The number of aryl methyl sites for hydroxylation is 1. The molecule has 0 heterocycles. The molecule has 0 aromatic heterocycles. The molecule has 0 saturated heterocycles. The van der Waals surface area contributed by atoms with Gasteiger partial charge < -0.3 is 10.1 Å². The number of anilines is 1. The zero-order valence-electron chi connectivity index (χ0n) is 18.8. The maximum absolute atomic E-state index is 13.8. The Morgan fingerprint density at radius 2 is 1.67 bits per heavy atom. The lowest BCUT2D eigenvalue weighted by atomic mass is 10.1. The molecule has 0 spiro atoms. The van der Waals surface area contributed by atoms with Crippen molar-refractivity contribution < 1.29 is 17.9 Å². The third kappa shape index (κ3) is 6.13. The third-order valence-electron chi connectivity index (χ3n) is 5.06. The Morgan fingerprint density at radius 1 is 1.03 bits per heavy atom. The minimum atomic E-state index is -3.98. The summed E-state index contributed by atoms with van der Waals surface area (Å²) in [5, 5.41) is 3.41. The summed E-state index contributed by atoms with van der Waals surface area (Å²) in [6.07, 6.45) is 0. The minimum Gasteiger partial charge on any atom is -0.383 e. The molecule has 0 aliphatic carbocycles. The zero-order chi connectivity index (χ0) is 24.0. The fraction of sp³-hybridized carbons (Fsp3) is 0.240. The molecule has 0 saturated carbocycles. The van der Waals surface area contributed by atoms with Crippen LogP contribution in [0.1, 0.15) is 28.4 Å². The van der Waals surface area contributed by atoms with Gasteiger partial charge in [-0.05, 0) is 55.8 Å². The van der Waals surface area contributed by atoms with Gasteiger partial charge in [-0.1, -0.05) is 53.6 Å². The van der Waals surface area contributed by atoms with Gasteiger partial charge >= 0.3 is 0 Å². The predicted octanol–water partition coefficient (Wildman–Crippen LogP) is 4.81. The van der Waals surface area contributed by atoms with E-state index in [4.69, 9.17) is 16.3 Å². The molecular formula is C25H27ClN2O4S. The molecular weight excluding hydrogens is 460 g/mol. The van der Waals surface area contributed by atoms with Crippen LogP contribution in [0.5, 0.6) is 0 Å². The van der Waals surface area contributed by atoms with Gasteiger partial charge in [0.15, 0.2) is 0 Å². The van der Waals surface area contributed by atoms with Crippen LogP contribution in [-0.4, -0.2) is 34.1 Å². The first kappa shape index (κ1) is 24.8. The van der Waals surface area contributed by atoms with Crippen molar-refractivity contribution in [2.75, 3.05) is 18.0 Å². The van der Waals surface area contributed by atoms with E-state index in [1.165, 1.54) is 4.31 Å². The van der Waals surface area contributed by atoms with E-state index in [0.29, 0.717) is 11.6 Å². The van der Waals surface area contributed by atoms with Crippen molar-refractivity contribution in [2.45, 2.75) is 31.3 Å². The monoisotopic (exact) mass is 486 g/mol. The van der Waals surface area contributed by atoms with Crippen LogP contribution in [0.15, 0.2) is 77.7 Å². The molecule has 1 amide bonds. The normalized spacial score (nSPS) is 12.2. The van der Waals surface area contributed by atoms with Crippen molar-refractivity contribution in [3.8, 4) is 0 Å². The van der Waals surface area contributed by atoms with Crippen molar-refractivity contribution in [3.63, 3.8) is 0 Å². The Labute approximate surface area is 200 Å². The Balaban J connectivity index is 2.09. The van der Waals surface area contributed by atoms with E-state index in [0.717, 1.165) is 11.1 Å². The van der Waals surface area contributed by atoms with Gasteiger partial charge in [-0.3, -0.25) is 9.10 Å². The number of ether oxygens (including phenoxy) is 1. The second kappa shape index (κ2) is 10.8. The van der Waals surface area contributed by atoms with Crippen LogP contribution in [-0.2, 0) is 21.3 Å². The van der Waals surface area contributed by atoms with Crippen molar-refractivity contribution in [3.05, 3.63) is 94.5 Å². The number of carbonyl (C=O) groups excluding carboxylic acids is 1. The average Bonchev–Trinajstić information content (AvgIpc) is 2.79. The van der Waals surface area contributed by atoms with Gasteiger partial charge in [0.25, 0.3) is 15.9 Å². The summed E-state index contributed by atoms with van der Waals surface area (Å²) in [7, 11) is -2.42. The van der Waals surface area contributed by atoms with E-state index in [2.05, 4.69) is 5.32 Å². The number of benzene rings is 3. The standard InChI is InChI=1S/C25H27ClN2O4S/c1-18-8-14-22(15-9-18)33(30,31)28(16-20-10-12-21(26)13-11-20)24-7-5-4-6-23(24)25(29)27-19(2)17-32-3/h4-15,19H,16-17H2,1-3H3,(H,27,29)/t19-/m1/s1. The molecule has 0 radical (unpaired) electrons. The maximum atomic E-state index is 13.8. The Kier molecular flexibility index (Phi) is 8.13. The van der Waals surface area contributed by atoms with Crippen LogP contribution in [0, 0.1) is 6.92 Å². The molecule has 1 atom stereocenters. The number of amides is 1. The molecule has 0 fully saturated rings. The molecule has 0 unspecified atom stereocenters. The number of halogens is 1. The molecule has 174 valence electrons. The van der Waals surface area contributed by atoms with Gasteiger partial charge in [0.1, 0.15) is 0 Å². The van der Waals surface area contributed by atoms with Gasteiger partial charge in [0.2, 0.25) is 0 Å². The van der Waals surface area contributed by atoms with Gasteiger partial charge in [-0.2, -0.15) is 0 Å². The topological polar surface area (TPSA) is 75.7 Å². The highest BCUT2D eigenvalue weighted by atomic mass is 35.5. The van der Waals surface area contributed by atoms with Crippen molar-refractivity contribution in [2.24, 2.45) is 0 Å². The van der Waals surface area contributed by atoms with E-state index in [1.807, 2.05) is 13.8 Å². The highest BCUT2D eigenvalue weighted by Crippen LogP contribution is 2.30. The number of rotatable bonds is 9. The van der Waals surface area contributed by atoms with Crippen LogP contribution in [0.3, 0.4) is 0 Å². The maximum Gasteiger partial charge on any atom is 0.264 e. The number of nitrogens with one attached hydrogen (secondary N) is 1. The number of carbonyl (C=O) groups is 1. The molecule has 3 rings (SSSR count). The number of nitrogens with zero attached hydrogens (tertiary/aromatic N) is 1. The number of sulfonamides is 1. The van der Waals surface area contributed by atoms with Crippen molar-refractivity contribution >= 4 is 33.2 Å². The van der Waals surface area contributed by atoms with Gasteiger partial charge in [-0.15, -0.1) is 0 Å². The summed E-state index contributed by atoms with van der Waals surface area (Å²) < 4.78 is 33.9.